The van der Waals surface area contributed by atoms with E-state index < -0.39 is 0 Å². The molecule has 0 aliphatic carbocycles. The topological polar surface area (TPSA) is 38.4 Å². The summed E-state index contributed by atoms with van der Waals surface area (Å²) in [5, 5.41) is 0. The highest BCUT2D eigenvalue weighted by Crippen LogP contribution is 1.87. The highest BCUT2D eigenvalue weighted by Gasteiger charge is 1.77. The lowest BCUT2D eigenvalue weighted by Gasteiger charge is -1.86. The summed E-state index contributed by atoms with van der Waals surface area (Å²) < 4.78 is 0. The first-order valence-electron chi connectivity index (χ1n) is 2.72. The van der Waals surface area contributed by atoms with Gasteiger partial charge in [-0.15, -0.1) is 0 Å². The zero-order chi connectivity index (χ0) is 7.28. The van der Waals surface area contributed by atoms with Gasteiger partial charge in [0.25, 0.3) is 0 Å². The maximum Gasteiger partial charge on any atom is 0.117 e. The number of allylic oxidation sites excluding steroid dienone is 2. The molecule has 0 aromatic rings. The standard InChI is InChI=1S/C7H12N2/c1-6(2)4-5-7(8)9-3/h4-5H,1H2,2-3H3,(H2,8,9)/b5-4-. The number of rotatable bonds is 2. The number of aliphatic imine (C=N–C) groups is 1. The van der Waals surface area contributed by atoms with Crippen molar-refractivity contribution in [3.63, 3.8) is 0 Å². The van der Waals surface area contributed by atoms with Crippen LogP contribution in [-0.4, -0.2) is 12.9 Å². The lowest BCUT2D eigenvalue weighted by Crippen LogP contribution is -2.06. The van der Waals surface area contributed by atoms with Gasteiger partial charge in [0, 0.05) is 7.05 Å². The third-order valence-electron chi connectivity index (χ3n) is 0.797. The van der Waals surface area contributed by atoms with E-state index in [0.29, 0.717) is 5.84 Å². The number of hydrogen-bond acceptors (Lipinski definition) is 1. The van der Waals surface area contributed by atoms with Crippen molar-refractivity contribution in [3.05, 3.63) is 24.3 Å². The minimum absolute atomic E-state index is 0.526. The maximum atomic E-state index is 5.34. The van der Waals surface area contributed by atoms with Crippen LogP contribution in [0, 0.1) is 0 Å². The van der Waals surface area contributed by atoms with Crippen molar-refractivity contribution in [2.24, 2.45) is 10.7 Å². The summed E-state index contributed by atoms with van der Waals surface area (Å²) in [5.41, 5.74) is 6.32. The summed E-state index contributed by atoms with van der Waals surface area (Å²) in [6, 6.07) is 0. The molecule has 0 radical (unpaired) electrons. The Morgan fingerprint density at radius 2 is 2.11 bits per heavy atom. The first kappa shape index (κ1) is 7.95. The van der Waals surface area contributed by atoms with Crippen LogP contribution in [0.1, 0.15) is 6.92 Å². The Hall–Kier alpha value is -1.05. The van der Waals surface area contributed by atoms with E-state index in [1.807, 2.05) is 13.0 Å². The largest absolute Gasteiger partial charge is 0.384 e. The van der Waals surface area contributed by atoms with Crippen LogP contribution in [0.25, 0.3) is 0 Å². The second kappa shape index (κ2) is 3.89. The zero-order valence-corrected chi connectivity index (χ0v) is 5.89. The second-order valence-electron chi connectivity index (χ2n) is 1.83. The molecule has 0 heterocycles. The summed E-state index contributed by atoms with van der Waals surface area (Å²) in [6.45, 7) is 5.57. The molecule has 0 saturated carbocycles. The molecule has 9 heavy (non-hydrogen) atoms. The zero-order valence-electron chi connectivity index (χ0n) is 5.89. The molecule has 0 unspecified atom stereocenters. The van der Waals surface area contributed by atoms with Crippen LogP contribution in [0.2, 0.25) is 0 Å². The summed E-state index contributed by atoms with van der Waals surface area (Å²) >= 11 is 0. The summed E-state index contributed by atoms with van der Waals surface area (Å²) in [6.07, 6.45) is 3.55. The number of nitrogens with two attached hydrogens (primary N) is 1. The molecule has 0 rings (SSSR count). The van der Waals surface area contributed by atoms with Crippen molar-refractivity contribution in [1.29, 1.82) is 0 Å². The molecule has 0 amide bonds. The molecule has 0 saturated heterocycles. The Labute approximate surface area is 55.8 Å². The smallest absolute Gasteiger partial charge is 0.117 e. The normalized spacial score (nSPS) is 12.4. The highest BCUT2D eigenvalue weighted by atomic mass is 14.8. The van der Waals surface area contributed by atoms with Gasteiger partial charge in [0.05, 0.1) is 0 Å². The van der Waals surface area contributed by atoms with Crippen LogP contribution in [0.3, 0.4) is 0 Å². The van der Waals surface area contributed by atoms with Gasteiger partial charge in [-0.2, -0.15) is 0 Å². The molecule has 0 fully saturated rings. The number of amidine groups is 1. The second-order valence-corrected chi connectivity index (χ2v) is 1.83. The third-order valence-corrected chi connectivity index (χ3v) is 0.797. The number of nitrogens with zero attached hydrogens (tertiary/aromatic N) is 1. The Balaban J connectivity index is 3.86. The maximum absolute atomic E-state index is 5.34. The van der Waals surface area contributed by atoms with E-state index in [-0.39, 0.29) is 0 Å². The van der Waals surface area contributed by atoms with Gasteiger partial charge in [-0.1, -0.05) is 18.2 Å². The molecule has 2 N–H and O–H groups in total. The van der Waals surface area contributed by atoms with Crippen LogP contribution in [0.15, 0.2) is 29.3 Å². The lowest BCUT2D eigenvalue weighted by molar-refractivity contribution is 1.41. The van der Waals surface area contributed by atoms with E-state index in [4.69, 9.17) is 5.73 Å². The molecule has 2 heteroatoms. The van der Waals surface area contributed by atoms with Crippen molar-refractivity contribution >= 4 is 5.84 Å². The van der Waals surface area contributed by atoms with Gasteiger partial charge in [0.2, 0.25) is 0 Å². The average Bonchev–Trinajstić information content (AvgIpc) is 1.83. The van der Waals surface area contributed by atoms with E-state index in [2.05, 4.69) is 11.6 Å². The van der Waals surface area contributed by atoms with Gasteiger partial charge in [0.15, 0.2) is 0 Å². The highest BCUT2D eigenvalue weighted by molar-refractivity contribution is 5.91. The molecule has 0 aliphatic heterocycles. The molecule has 0 aliphatic rings. The van der Waals surface area contributed by atoms with E-state index >= 15 is 0 Å². The van der Waals surface area contributed by atoms with Gasteiger partial charge in [-0.25, -0.2) is 0 Å². The van der Waals surface area contributed by atoms with Gasteiger partial charge in [-0.05, 0) is 13.0 Å². The van der Waals surface area contributed by atoms with E-state index in [1.165, 1.54) is 0 Å². The Kier molecular flexibility index (Phi) is 3.44. The number of hydrogen-bond donors (Lipinski definition) is 1. The molecule has 50 valence electrons. The Morgan fingerprint density at radius 3 is 2.44 bits per heavy atom. The molecule has 0 atom stereocenters. The van der Waals surface area contributed by atoms with Crippen LogP contribution in [0.5, 0.6) is 0 Å². The van der Waals surface area contributed by atoms with E-state index in [9.17, 15) is 0 Å². The van der Waals surface area contributed by atoms with Crippen LogP contribution in [-0.2, 0) is 0 Å². The third kappa shape index (κ3) is 4.81. The van der Waals surface area contributed by atoms with Gasteiger partial charge < -0.3 is 5.73 Å². The minimum Gasteiger partial charge on any atom is -0.384 e. The minimum atomic E-state index is 0.526. The first-order chi connectivity index (χ1) is 4.16. The molecule has 2 nitrogen and oxygen atoms in total. The summed E-state index contributed by atoms with van der Waals surface area (Å²) in [7, 11) is 1.65. The van der Waals surface area contributed by atoms with Crippen molar-refractivity contribution in [2.75, 3.05) is 7.05 Å². The van der Waals surface area contributed by atoms with Crippen LogP contribution in [0.4, 0.5) is 0 Å². The van der Waals surface area contributed by atoms with Crippen LogP contribution < -0.4 is 5.73 Å². The predicted octanol–water partition coefficient (Wildman–Crippen LogP) is 1.11. The van der Waals surface area contributed by atoms with Gasteiger partial charge in [0.1, 0.15) is 5.84 Å². The molecular formula is C7H12N2. The summed E-state index contributed by atoms with van der Waals surface area (Å²) in [4.78, 5) is 3.73. The summed E-state index contributed by atoms with van der Waals surface area (Å²) in [5.74, 6) is 0.526. The van der Waals surface area contributed by atoms with E-state index in [1.54, 1.807) is 13.1 Å². The molecule has 0 aromatic carbocycles. The fourth-order valence-electron chi connectivity index (χ4n) is 0.302. The first-order valence-corrected chi connectivity index (χ1v) is 2.72. The average molecular weight is 124 g/mol. The quantitative estimate of drug-likeness (QED) is 0.334. The fourth-order valence-corrected chi connectivity index (χ4v) is 0.302. The van der Waals surface area contributed by atoms with Gasteiger partial charge in [-0.3, -0.25) is 4.99 Å². The molecule has 0 bridgehead atoms. The lowest BCUT2D eigenvalue weighted by atomic mass is 10.3. The van der Waals surface area contributed by atoms with Crippen molar-refractivity contribution < 1.29 is 0 Å². The molecule has 0 spiro atoms. The van der Waals surface area contributed by atoms with Crippen LogP contribution >= 0.6 is 0 Å². The molecular weight excluding hydrogens is 112 g/mol. The predicted molar refractivity (Wildman–Crippen MR) is 41.5 cm³/mol. The monoisotopic (exact) mass is 124 g/mol. The Morgan fingerprint density at radius 1 is 1.56 bits per heavy atom. The van der Waals surface area contributed by atoms with Crippen molar-refractivity contribution in [3.8, 4) is 0 Å². The fraction of sp³-hybridized carbons (Fsp3) is 0.286. The molecule has 0 aromatic heterocycles. The van der Waals surface area contributed by atoms with Crippen molar-refractivity contribution in [1.82, 2.24) is 0 Å². The van der Waals surface area contributed by atoms with Gasteiger partial charge >= 0.3 is 0 Å². The van der Waals surface area contributed by atoms with Crippen molar-refractivity contribution in [2.45, 2.75) is 6.92 Å². The van der Waals surface area contributed by atoms with E-state index in [0.717, 1.165) is 5.57 Å². The SMILES string of the molecule is C=C(C)/C=C\C(N)=NC. The Bertz CT molecular complexity index is 154.